The number of carbonyl (C=O) groups excluding carboxylic acids is 1. The molecule has 3 heteroatoms. The molecule has 0 aliphatic carbocycles. The first-order valence-corrected chi connectivity index (χ1v) is 8.69. The van der Waals surface area contributed by atoms with Gasteiger partial charge in [0.1, 0.15) is 18.1 Å². The highest BCUT2D eigenvalue weighted by Gasteiger charge is 2.07. The molecular formula is C23H22O3. The van der Waals surface area contributed by atoms with Crippen molar-refractivity contribution in [2.45, 2.75) is 26.6 Å². The second-order valence-electron chi connectivity index (χ2n) is 6.34. The lowest BCUT2D eigenvalue weighted by Crippen LogP contribution is -2.05. The van der Waals surface area contributed by atoms with Crippen LogP contribution in [0.5, 0.6) is 11.5 Å². The molecule has 3 aromatic carbocycles. The van der Waals surface area contributed by atoms with E-state index in [1.54, 1.807) is 0 Å². The molecule has 0 radical (unpaired) electrons. The molecule has 0 aliphatic rings. The molecule has 0 spiro atoms. The van der Waals surface area contributed by atoms with Crippen molar-refractivity contribution in [1.82, 2.24) is 0 Å². The predicted octanol–water partition coefficient (Wildman–Crippen LogP) is 5.53. The summed E-state index contributed by atoms with van der Waals surface area (Å²) in [5.74, 6) is 1.43. The van der Waals surface area contributed by atoms with Crippen LogP contribution >= 0.6 is 0 Å². The second kappa shape index (κ2) is 8.34. The van der Waals surface area contributed by atoms with Crippen molar-refractivity contribution in [3.63, 3.8) is 0 Å². The van der Waals surface area contributed by atoms with Crippen molar-refractivity contribution >= 4 is 6.29 Å². The van der Waals surface area contributed by atoms with Gasteiger partial charge in [-0.05, 0) is 54.8 Å². The molecule has 26 heavy (non-hydrogen) atoms. The summed E-state index contributed by atoms with van der Waals surface area (Å²) in [6, 6.07) is 23.4. The molecule has 0 N–H and O–H groups in total. The van der Waals surface area contributed by atoms with Crippen molar-refractivity contribution in [3.8, 4) is 22.6 Å². The molecule has 0 aromatic heterocycles. The Morgan fingerprint density at radius 3 is 2.23 bits per heavy atom. The van der Waals surface area contributed by atoms with Crippen molar-refractivity contribution in [2.75, 3.05) is 0 Å². The number of carbonyl (C=O) groups is 1. The van der Waals surface area contributed by atoms with E-state index in [2.05, 4.69) is 0 Å². The summed E-state index contributed by atoms with van der Waals surface area (Å²) >= 11 is 0. The number of hydrogen-bond acceptors (Lipinski definition) is 3. The lowest BCUT2D eigenvalue weighted by molar-refractivity contribution is 0.111. The average molecular weight is 346 g/mol. The first-order valence-electron chi connectivity index (χ1n) is 8.69. The summed E-state index contributed by atoms with van der Waals surface area (Å²) in [5.41, 5.74) is 3.60. The van der Waals surface area contributed by atoms with Crippen LogP contribution in [0, 0.1) is 0 Å². The van der Waals surface area contributed by atoms with E-state index >= 15 is 0 Å². The quantitative estimate of drug-likeness (QED) is 0.528. The number of aldehydes is 1. The minimum absolute atomic E-state index is 0.142. The monoisotopic (exact) mass is 346 g/mol. The summed E-state index contributed by atoms with van der Waals surface area (Å²) in [4.78, 5) is 11.5. The molecule has 0 unspecified atom stereocenters. The highest BCUT2D eigenvalue weighted by Crippen LogP contribution is 2.28. The van der Waals surface area contributed by atoms with Crippen molar-refractivity contribution in [2.24, 2.45) is 0 Å². The largest absolute Gasteiger partial charge is 0.491 e. The van der Waals surface area contributed by atoms with Gasteiger partial charge in [0.25, 0.3) is 0 Å². The Morgan fingerprint density at radius 1 is 0.885 bits per heavy atom. The normalized spacial score (nSPS) is 10.6. The Hall–Kier alpha value is -3.07. The van der Waals surface area contributed by atoms with Crippen molar-refractivity contribution in [1.29, 1.82) is 0 Å². The van der Waals surface area contributed by atoms with Crippen LogP contribution in [0.2, 0.25) is 0 Å². The molecule has 0 saturated carbocycles. The van der Waals surface area contributed by atoms with Crippen LogP contribution in [-0.4, -0.2) is 12.4 Å². The number of ether oxygens (including phenoxy) is 2. The summed E-state index contributed by atoms with van der Waals surface area (Å²) in [6.45, 7) is 4.43. The first kappa shape index (κ1) is 17.7. The van der Waals surface area contributed by atoms with Crippen LogP contribution in [0.1, 0.15) is 29.8 Å². The minimum Gasteiger partial charge on any atom is -0.491 e. The fourth-order valence-corrected chi connectivity index (χ4v) is 2.69. The van der Waals surface area contributed by atoms with Crippen molar-refractivity contribution in [3.05, 3.63) is 83.9 Å². The third-order valence-electron chi connectivity index (χ3n) is 3.93. The molecule has 3 aromatic rings. The van der Waals surface area contributed by atoms with Crippen LogP contribution < -0.4 is 9.47 Å². The lowest BCUT2D eigenvalue weighted by atomic mass is 10.0. The highest BCUT2D eigenvalue weighted by molar-refractivity contribution is 5.83. The zero-order valence-electron chi connectivity index (χ0n) is 15.0. The molecular weight excluding hydrogens is 324 g/mol. The fourth-order valence-electron chi connectivity index (χ4n) is 2.69. The van der Waals surface area contributed by atoms with Gasteiger partial charge in [-0.15, -0.1) is 0 Å². The van der Waals surface area contributed by atoms with Crippen LogP contribution in [0.4, 0.5) is 0 Å². The zero-order valence-corrected chi connectivity index (χ0v) is 15.0. The van der Waals surface area contributed by atoms with Crippen LogP contribution in [0.15, 0.2) is 72.8 Å². The van der Waals surface area contributed by atoms with E-state index in [1.807, 2.05) is 86.6 Å². The topological polar surface area (TPSA) is 35.5 Å². The lowest BCUT2D eigenvalue weighted by Gasteiger charge is -2.12. The molecule has 0 saturated heterocycles. The minimum atomic E-state index is 0.142. The summed E-state index contributed by atoms with van der Waals surface area (Å²) < 4.78 is 11.5. The molecule has 0 atom stereocenters. The third kappa shape index (κ3) is 4.51. The van der Waals surface area contributed by atoms with Gasteiger partial charge < -0.3 is 9.47 Å². The van der Waals surface area contributed by atoms with E-state index in [4.69, 9.17) is 9.47 Å². The first-order chi connectivity index (χ1) is 12.7. The van der Waals surface area contributed by atoms with Crippen LogP contribution in [-0.2, 0) is 6.61 Å². The van der Waals surface area contributed by atoms with E-state index in [0.29, 0.717) is 17.9 Å². The molecule has 0 amide bonds. The van der Waals surface area contributed by atoms with Gasteiger partial charge >= 0.3 is 0 Å². The standard InChI is InChI=1S/C23H22O3/c1-17(2)26-22-11-8-19(9-12-22)20-10-13-23(21(14-20)15-24)25-16-18-6-4-3-5-7-18/h3-15,17H,16H2,1-2H3. The van der Waals surface area contributed by atoms with Gasteiger partial charge in [-0.3, -0.25) is 4.79 Å². The molecule has 3 rings (SSSR count). The van der Waals surface area contributed by atoms with E-state index in [1.165, 1.54) is 0 Å². The number of benzene rings is 3. The summed E-state index contributed by atoms with van der Waals surface area (Å²) in [5, 5.41) is 0. The van der Waals surface area contributed by atoms with Crippen LogP contribution in [0.25, 0.3) is 11.1 Å². The third-order valence-corrected chi connectivity index (χ3v) is 3.93. The van der Waals surface area contributed by atoms with Gasteiger partial charge in [0.05, 0.1) is 11.7 Å². The second-order valence-corrected chi connectivity index (χ2v) is 6.34. The summed E-state index contributed by atoms with van der Waals surface area (Å²) in [7, 11) is 0. The van der Waals surface area contributed by atoms with Crippen molar-refractivity contribution < 1.29 is 14.3 Å². The highest BCUT2D eigenvalue weighted by atomic mass is 16.5. The van der Waals surface area contributed by atoms with E-state index in [9.17, 15) is 4.79 Å². The zero-order chi connectivity index (χ0) is 18.4. The Balaban J connectivity index is 1.76. The van der Waals surface area contributed by atoms with E-state index in [-0.39, 0.29) is 6.10 Å². The number of hydrogen-bond donors (Lipinski definition) is 0. The Bertz CT molecular complexity index is 852. The van der Waals surface area contributed by atoms with Gasteiger partial charge in [0, 0.05) is 0 Å². The van der Waals surface area contributed by atoms with E-state index < -0.39 is 0 Å². The molecule has 0 heterocycles. The maximum atomic E-state index is 11.5. The summed E-state index contributed by atoms with van der Waals surface area (Å²) in [6.07, 6.45) is 0.976. The maximum absolute atomic E-state index is 11.5. The molecule has 0 bridgehead atoms. The van der Waals surface area contributed by atoms with Gasteiger partial charge in [0.15, 0.2) is 6.29 Å². The van der Waals surface area contributed by atoms with Crippen LogP contribution in [0.3, 0.4) is 0 Å². The van der Waals surface area contributed by atoms with E-state index in [0.717, 1.165) is 28.7 Å². The van der Waals surface area contributed by atoms with Gasteiger partial charge in [-0.2, -0.15) is 0 Å². The molecule has 0 aliphatic heterocycles. The Labute approximate surface area is 154 Å². The molecule has 3 nitrogen and oxygen atoms in total. The van der Waals surface area contributed by atoms with Gasteiger partial charge in [-0.1, -0.05) is 48.5 Å². The van der Waals surface area contributed by atoms with Gasteiger partial charge in [-0.25, -0.2) is 0 Å². The number of rotatable bonds is 7. The predicted molar refractivity (Wildman–Crippen MR) is 104 cm³/mol. The fraction of sp³-hybridized carbons (Fsp3) is 0.174. The maximum Gasteiger partial charge on any atom is 0.153 e. The smallest absolute Gasteiger partial charge is 0.153 e. The average Bonchev–Trinajstić information content (AvgIpc) is 2.67. The van der Waals surface area contributed by atoms with Gasteiger partial charge in [0.2, 0.25) is 0 Å². The molecule has 0 fully saturated rings. The Morgan fingerprint density at radius 2 is 1.58 bits per heavy atom. The SMILES string of the molecule is CC(C)Oc1ccc(-c2ccc(OCc3ccccc3)c(C=O)c2)cc1. The molecule has 132 valence electrons. The Kier molecular flexibility index (Phi) is 5.69.